The van der Waals surface area contributed by atoms with Gasteiger partial charge in [-0.2, -0.15) is 0 Å². The number of ether oxygens (including phenoxy) is 2. The number of nitrogens with one attached hydrogen (secondary N) is 1. The third-order valence-electron chi connectivity index (χ3n) is 4.04. The SMILES string of the molecule is CCCC(=S)Nc1ccc(Oc2c(Br)cc(CCC(=O)OC)cc2Br)cc1[N+](=O)[O-]. The topological polar surface area (TPSA) is 90.7 Å². The molecule has 0 aliphatic heterocycles. The fraction of sp³-hybridized carbons (Fsp3) is 0.300. The Morgan fingerprint density at radius 3 is 2.43 bits per heavy atom. The van der Waals surface area contributed by atoms with Gasteiger partial charge in [-0.15, -0.1) is 0 Å². The zero-order valence-corrected chi connectivity index (χ0v) is 20.4. The van der Waals surface area contributed by atoms with Gasteiger partial charge in [0.05, 0.1) is 32.0 Å². The number of aryl methyl sites for hydroxylation is 1. The highest BCUT2D eigenvalue weighted by molar-refractivity contribution is 9.11. The summed E-state index contributed by atoms with van der Waals surface area (Å²) in [6.07, 6.45) is 2.26. The molecule has 0 heterocycles. The minimum absolute atomic E-state index is 0.132. The Morgan fingerprint density at radius 1 is 1.20 bits per heavy atom. The number of anilines is 1. The van der Waals surface area contributed by atoms with E-state index in [2.05, 4.69) is 41.9 Å². The molecule has 0 radical (unpaired) electrons. The van der Waals surface area contributed by atoms with Crippen molar-refractivity contribution in [2.24, 2.45) is 0 Å². The summed E-state index contributed by atoms with van der Waals surface area (Å²) >= 11 is 12.1. The molecule has 1 N–H and O–H groups in total. The number of nitro groups is 1. The van der Waals surface area contributed by atoms with Gasteiger partial charge < -0.3 is 14.8 Å². The molecule has 7 nitrogen and oxygen atoms in total. The summed E-state index contributed by atoms with van der Waals surface area (Å²) < 4.78 is 11.8. The summed E-state index contributed by atoms with van der Waals surface area (Å²) in [5.74, 6) is 0.479. The van der Waals surface area contributed by atoms with Crippen LogP contribution in [0.15, 0.2) is 39.3 Å². The number of esters is 1. The second kappa shape index (κ2) is 11.4. The van der Waals surface area contributed by atoms with Gasteiger partial charge in [-0.25, -0.2) is 0 Å². The first-order valence-corrected chi connectivity index (χ1v) is 11.1. The number of thiocarbonyl (C=S) groups is 1. The van der Waals surface area contributed by atoms with Crippen molar-refractivity contribution in [3.8, 4) is 11.5 Å². The number of nitrogens with zero attached hydrogens (tertiary/aromatic N) is 1. The van der Waals surface area contributed by atoms with E-state index in [4.69, 9.17) is 17.0 Å². The van der Waals surface area contributed by atoms with Crippen LogP contribution in [0, 0.1) is 10.1 Å². The molecule has 0 aliphatic carbocycles. The Balaban J connectivity index is 2.25. The summed E-state index contributed by atoms with van der Waals surface area (Å²) in [5, 5.41) is 14.4. The van der Waals surface area contributed by atoms with E-state index in [1.165, 1.54) is 13.2 Å². The fourth-order valence-corrected chi connectivity index (χ4v) is 4.35. The van der Waals surface area contributed by atoms with Crippen LogP contribution < -0.4 is 10.1 Å². The molecule has 0 amide bonds. The van der Waals surface area contributed by atoms with Crippen LogP contribution in [0.4, 0.5) is 11.4 Å². The van der Waals surface area contributed by atoms with E-state index in [0.29, 0.717) is 44.0 Å². The highest BCUT2D eigenvalue weighted by Gasteiger charge is 2.18. The van der Waals surface area contributed by atoms with Gasteiger partial charge in [-0.3, -0.25) is 14.9 Å². The average molecular weight is 560 g/mol. The van der Waals surface area contributed by atoms with E-state index in [9.17, 15) is 14.9 Å². The second-order valence-electron chi connectivity index (χ2n) is 6.30. The van der Waals surface area contributed by atoms with Crippen molar-refractivity contribution in [3.05, 3.63) is 55.0 Å². The van der Waals surface area contributed by atoms with Crippen molar-refractivity contribution in [3.63, 3.8) is 0 Å². The molecule has 0 unspecified atom stereocenters. The largest absolute Gasteiger partial charge is 0.469 e. The molecule has 0 spiro atoms. The maximum absolute atomic E-state index is 11.5. The number of hydrogen-bond donors (Lipinski definition) is 1. The van der Waals surface area contributed by atoms with Gasteiger partial charge in [0.15, 0.2) is 5.75 Å². The third kappa shape index (κ3) is 6.75. The minimum Gasteiger partial charge on any atom is -0.469 e. The zero-order chi connectivity index (χ0) is 22.3. The van der Waals surface area contributed by atoms with Gasteiger partial charge in [-0.05, 0) is 81.0 Å². The summed E-state index contributed by atoms with van der Waals surface area (Å²) in [5.41, 5.74) is 1.09. The number of carbonyl (C=O) groups is 1. The number of halogens is 2. The Kier molecular flexibility index (Phi) is 9.19. The van der Waals surface area contributed by atoms with Crippen molar-refractivity contribution in [1.29, 1.82) is 0 Å². The standard InChI is InChI=1S/C20H20Br2N2O5S/c1-3-4-18(30)23-16-7-6-13(11-17(16)24(26)27)29-20-14(21)9-12(10-15(20)22)5-8-19(25)28-2/h6-7,9-11H,3-5,8H2,1-2H3,(H,23,30). The zero-order valence-electron chi connectivity index (χ0n) is 16.4. The first kappa shape index (κ1) is 24.2. The average Bonchev–Trinajstić information content (AvgIpc) is 2.69. The highest BCUT2D eigenvalue weighted by atomic mass is 79.9. The maximum Gasteiger partial charge on any atom is 0.305 e. The van der Waals surface area contributed by atoms with Gasteiger partial charge in [0.1, 0.15) is 11.4 Å². The lowest BCUT2D eigenvalue weighted by Crippen LogP contribution is -2.10. The lowest BCUT2D eigenvalue weighted by molar-refractivity contribution is -0.384. The summed E-state index contributed by atoms with van der Waals surface area (Å²) in [4.78, 5) is 22.9. The molecule has 10 heteroatoms. The van der Waals surface area contributed by atoms with Crippen LogP contribution in [-0.2, 0) is 16.0 Å². The first-order chi connectivity index (χ1) is 14.2. The highest BCUT2D eigenvalue weighted by Crippen LogP contribution is 2.40. The van der Waals surface area contributed by atoms with Gasteiger partial charge in [-0.1, -0.05) is 19.1 Å². The first-order valence-electron chi connectivity index (χ1n) is 9.06. The van der Waals surface area contributed by atoms with Crippen LogP contribution in [0.5, 0.6) is 11.5 Å². The molecule has 30 heavy (non-hydrogen) atoms. The molecule has 0 saturated carbocycles. The van der Waals surface area contributed by atoms with Crippen LogP contribution in [0.3, 0.4) is 0 Å². The Labute approximate surface area is 196 Å². The number of benzene rings is 2. The van der Waals surface area contributed by atoms with Crippen LogP contribution in [0.25, 0.3) is 0 Å². The lowest BCUT2D eigenvalue weighted by atomic mass is 10.1. The Bertz CT molecular complexity index is 945. The number of hydrogen-bond acceptors (Lipinski definition) is 6. The van der Waals surface area contributed by atoms with Crippen LogP contribution in [0.2, 0.25) is 0 Å². The number of nitro benzene ring substituents is 1. The number of carbonyl (C=O) groups excluding carboxylic acids is 1. The quantitative estimate of drug-likeness (QED) is 0.161. The molecule has 0 aromatic heterocycles. The van der Waals surface area contributed by atoms with Crippen LogP contribution in [-0.4, -0.2) is 23.0 Å². The van der Waals surface area contributed by atoms with E-state index >= 15 is 0 Å². The van der Waals surface area contributed by atoms with E-state index in [1.54, 1.807) is 12.1 Å². The molecular weight excluding hydrogens is 540 g/mol. The van der Waals surface area contributed by atoms with E-state index in [0.717, 1.165) is 12.0 Å². The van der Waals surface area contributed by atoms with Crippen molar-refractivity contribution < 1.29 is 19.2 Å². The van der Waals surface area contributed by atoms with Crippen LogP contribution in [0.1, 0.15) is 31.7 Å². The van der Waals surface area contributed by atoms with E-state index in [1.807, 2.05) is 19.1 Å². The fourth-order valence-electron chi connectivity index (χ4n) is 2.59. The Hall–Kier alpha value is -2.04. The van der Waals surface area contributed by atoms with Gasteiger partial charge in [0, 0.05) is 6.42 Å². The second-order valence-corrected chi connectivity index (χ2v) is 8.50. The van der Waals surface area contributed by atoms with Crippen molar-refractivity contribution in [1.82, 2.24) is 0 Å². The van der Waals surface area contributed by atoms with E-state index in [-0.39, 0.29) is 18.1 Å². The van der Waals surface area contributed by atoms with Gasteiger partial charge >= 0.3 is 5.97 Å². The number of rotatable bonds is 9. The molecule has 2 aromatic rings. The van der Waals surface area contributed by atoms with Gasteiger partial charge in [0.25, 0.3) is 5.69 Å². The monoisotopic (exact) mass is 558 g/mol. The summed E-state index contributed by atoms with van der Waals surface area (Å²) in [6.45, 7) is 1.98. The smallest absolute Gasteiger partial charge is 0.305 e. The van der Waals surface area contributed by atoms with Crippen molar-refractivity contribution >= 4 is 66.4 Å². The molecular formula is C20H20Br2N2O5S. The van der Waals surface area contributed by atoms with Crippen molar-refractivity contribution in [2.75, 3.05) is 12.4 Å². The predicted molar refractivity (Wildman–Crippen MR) is 126 cm³/mol. The minimum atomic E-state index is -0.482. The van der Waals surface area contributed by atoms with Crippen molar-refractivity contribution in [2.45, 2.75) is 32.6 Å². The summed E-state index contributed by atoms with van der Waals surface area (Å²) in [6, 6.07) is 8.21. The predicted octanol–water partition coefficient (Wildman–Crippen LogP) is 6.56. The normalized spacial score (nSPS) is 10.4. The summed E-state index contributed by atoms with van der Waals surface area (Å²) in [7, 11) is 1.35. The molecule has 0 fully saturated rings. The maximum atomic E-state index is 11.5. The molecule has 0 aliphatic rings. The lowest BCUT2D eigenvalue weighted by Gasteiger charge is -2.13. The van der Waals surface area contributed by atoms with E-state index < -0.39 is 4.92 Å². The number of methoxy groups -OCH3 is 1. The molecule has 2 aromatic carbocycles. The molecule has 2 rings (SSSR count). The molecule has 160 valence electrons. The van der Waals surface area contributed by atoms with Gasteiger partial charge in [0.2, 0.25) is 0 Å². The van der Waals surface area contributed by atoms with Crippen LogP contribution >= 0.6 is 44.1 Å². The molecule has 0 atom stereocenters. The Morgan fingerprint density at radius 2 is 1.87 bits per heavy atom. The molecule has 0 saturated heterocycles. The third-order valence-corrected chi connectivity index (χ3v) is 5.52. The molecule has 0 bridgehead atoms.